The number of benzene rings is 2. The van der Waals surface area contributed by atoms with Crippen LogP contribution in [-0.2, 0) is 0 Å². The van der Waals surface area contributed by atoms with Gasteiger partial charge in [0.05, 0.1) is 40.9 Å². The maximum Gasteiger partial charge on any atom is 0.324 e. The molecule has 9 nitrogen and oxygen atoms in total. The third kappa shape index (κ3) is 5.16. The lowest BCUT2D eigenvalue weighted by molar-refractivity contribution is 0.262. The molecule has 0 aliphatic heterocycles. The first-order valence-corrected chi connectivity index (χ1v) is 10.3. The summed E-state index contributed by atoms with van der Waals surface area (Å²) in [6.45, 7) is 0. The molecule has 2 heterocycles. The minimum absolute atomic E-state index is 0.268. The summed E-state index contributed by atoms with van der Waals surface area (Å²) in [6.07, 6.45) is 2.81. The second-order valence-electron chi connectivity index (χ2n) is 6.59. The summed E-state index contributed by atoms with van der Waals surface area (Å²) in [5.41, 5.74) is 1.00. The molecule has 0 bridgehead atoms. The van der Waals surface area contributed by atoms with E-state index in [2.05, 4.69) is 25.6 Å². The smallest absolute Gasteiger partial charge is 0.324 e. The minimum atomic E-state index is -0.511. The van der Waals surface area contributed by atoms with Crippen LogP contribution in [-0.4, -0.2) is 35.2 Å². The molecule has 33 heavy (non-hydrogen) atoms. The highest BCUT2D eigenvalue weighted by Gasteiger charge is 2.14. The van der Waals surface area contributed by atoms with Gasteiger partial charge < -0.3 is 19.5 Å². The lowest BCUT2D eigenvalue weighted by Gasteiger charge is -2.13. The number of fused-ring (bicyclic) bond motifs is 1. The Bertz CT molecular complexity index is 1320. The molecule has 0 unspecified atom stereocenters. The third-order valence-corrected chi connectivity index (χ3v) is 5.01. The molecule has 2 aromatic carbocycles. The lowest BCUT2D eigenvalue weighted by atomic mass is 10.2. The van der Waals surface area contributed by atoms with Gasteiger partial charge in [0.1, 0.15) is 17.9 Å². The number of nitrogens with zero attached hydrogens (tertiary/aromatic N) is 3. The lowest BCUT2D eigenvalue weighted by Crippen LogP contribution is -2.20. The molecule has 0 saturated carbocycles. The zero-order valence-electron chi connectivity index (χ0n) is 17.4. The first-order chi connectivity index (χ1) is 16.0. The van der Waals surface area contributed by atoms with Gasteiger partial charge in [-0.1, -0.05) is 23.2 Å². The van der Waals surface area contributed by atoms with Crippen molar-refractivity contribution in [2.75, 3.05) is 24.9 Å². The van der Waals surface area contributed by atoms with Gasteiger partial charge in [0, 0.05) is 18.3 Å². The molecule has 2 N–H and O–H groups in total. The van der Waals surface area contributed by atoms with E-state index in [1.165, 1.54) is 12.5 Å². The van der Waals surface area contributed by atoms with Gasteiger partial charge in [0.15, 0.2) is 11.5 Å². The van der Waals surface area contributed by atoms with Crippen LogP contribution in [0, 0.1) is 0 Å². The summed E-state index contributed by atoms with van der Waals surface area (Å²) >= 11 is 12.1. The third-order valence-electron chi connectivity index (χ3n) is 4.48. The van der Waals surface area contributed by atoms with Gasteiger partial charge in [0.25, 0.3) is 0 Å². The molecule has 0 spiro atoms. The number of anilines is 2. The van der Waals surface area contributed by atoms with Crippen LogP contribution in [0.3, 0.4) is 0 Å². The van der Waals surface area contributed by atoms with Crippen LogP contribution in [0.2, 0.25) is 10.0 Å². The molecule has 0 fully saturated rings. The monoisotopic (exact) mass is 485 g/mol. The van der Waals surface area contributed by atoms with Crippen molar-refractivity contribution in [2.24, 2.45) is 0 Å². The molecular formula is C22H17Cl2N5O4. The molecule has 0 aliphatic rings. The molecular weight excluding hydrogens is 469 g/mol. The first-order valence-electron chi connectivity index (χ1n) is 9.50. The SMILES string of the molecule is COc1cc2ncnc(Oc3ccc(NC(=O)Nc4ccc(Cl)cn4)c(Cl)c3)c2cc1OC. The van der Waals surface area contributed by atoms with Crippen LogP contribution in [0.25, 0.3) is 10.9 Å². The van der Waals surface area contributed by atoms with Gasteiger partial charge in [-0.05, 0) is 30.3 Å². The van der Waals surface area contributed by atoms with Gasteiger partial charge in [0.2, 0.25) is 5.88 Å². The van der Waals surface area contributed by atoms with Crippen molar-refractivity contribution in [3.63, 3.8) is 0 Å². The summed E-state index contributed by atoms with van der Waals surface area (Å²) in [4.78, 5) is 24.7. The minimum Gasteiger partial charge on any atom is -0.493 e. The molecule has 0 atom stereocenters. The molecule has 168 valence electrons. The standard InChI is InChI=1S/C22H17Cl2N5O4/c1-31-18-8-14-17(9-19(18)32-2)26-11-27-21(14)33-13-4-5-16(15(24)7-13)28-22(30)29-20-6-3-12(23)10-25-20/h3-11H,1-2H3,(H2,25,28,29,30). The predicted octanol–water partition coefficient (Wildman–Crippen LogP) is 5.79. The number of carbonyl (C=O) groups excluding carboxylic acids is 1. The zero-order chi connectivity index (χ0) is 23.4. The number of nitrogens with one attached hydrogen (secondary N) is 2. The molecule has 0 radical (unpaired) electrons. The number of methoxy groups -OCH3 is 2. The number of rotatable bonds is 6. The number of amides is 2. The van der Waals surface area contributed by atoms with E-state index in [0.29, 0.717) is 50.6 Å². The van der Waals surface area contributed by atoms with E-state index >= 15 is 0 Å². The van der Waals surface area contributed by atoms with E-state index < -0.39 is 6.03 Å². The molecule has 2 amide bonds. The van der Waals surface area contributed by atoms with E-state index in [1.54, 1.807) is 56.7 Å². The van der Waals surface area contributed by atoms with E-state index in [1.807, 2.05) is 0 Å². The van der Waals surface area contributed by atoms with Crippen LogP contribution < -0.4 is 24.8 Å². The number of pyridine rings is 1. The molecule has 2 aromatic heterocycles. The van der Waals surface area contributed by atoms with Gasteiger partial charge in [-0.2, -0.15) is 0 Å². The Labute approximate surface area is 198 Å². The average molecular weight is 486 g/mol. The fourth-order valence-corrected chi connectivity index (χ4v) is 3.26. The van der Waals surface area contributed by atoms with Gasteiger partial charge >= 0.3 is 6.03 Å². The van der Waals surface area contributed by atoms with Gasteiger partial charge in [-0.3, -0.25) is 5.32 Å². The fourth-order valence-electron chi connectivity index (χ4n) is 2.93. The van der Waals surface area contributed by atoms with Crippen molar-refractivity contribution in [1.82, 2.24) is 15.0 Å². The number of urea groups is 1. The summed E-state index contributed by atoms with van der Waals surface area (Å²) in [5.74, 6) is 2.13. The second-order valence-corrected chi connectivity index (χ2v) is 7.43. The number of carbonyl (C=O) groups is 1. The van der Waals surface area contributed by atoms with Crippen LogP contribution in [0.4, 0.5) is 16.3 Å². The van der Waals surface area contributed by atoms with E-state index in [4.69, 9.17) is 37.4 Å². The Balaban J connectivity index is 1.52. The Kier molecular flexibility index (Phi) is 6.62. The summed E-state index contributed by atoms with van der Waals surface area (Å²) < 4.78 is 16.6. The van der Waals surface area contributed by atoms with Crippen molar-refractivity contribution in [3.05, 3.63) is 65.0 Å². The van der Waals surface area contributed by atoms with Crippen LogP contribution in [0.15, 0.2) is 55.0 Å². The highest BCUT2D eigenvalue weighted by molar-refractivity contribution is 6.34. The largest absolute Gasteiger partial charge is 0.493 e. The maximum atomic E-state index is 12.2. The topological polar surface area (TPSA) is 107 Å². The number of aromatic nitrogens is 3. The Morgan fingerprint density at radius 3 is 2.39 bits per heavy atom. The summed E-state index contributed by atoms with van der Waals surface area (Å²) in [5, 5.41) is 6.61. The van der Waals surface area contributed by atoms with E-state index in [-0.39, 0.29) is 5.02 Å². The highest BCUT2D eigenvalue weighted by atomic mass is 35.5. The van der Waals surface area contributed by atoms with Crippen molar-refractivity contribution in [3.8, 4) is 23.1 Å². The Morgan fingerprint density at radius 2 is 1.70 bits per heavy atom. The first kappa shape index (κ1) is 22.4. The predicted molar refractivity (Wildman–Crippen MR) is 126 cm³/mol. The average Bonchev–Trinajstić information content (AvgIpc) is 2.81. The van der Waals surface area contributed by atoms with Crippen LogP contribution >= 0.6 is 23.2 Å². The van der Waals surface area contributed by atoms with Crippen molar-refractivity contribution in [2.45, 2.75) is 0 Å². The molecule has 4 aromatic rings. The van der Waals surface area contributed by atoms with Crippen LogP contribution in [0.1, 0.15) is 0 Å². The van der Waals surface area contributed by atoms with Gasteiger partial charge in [-0.15, -0.1) is 0 Å². The molecule has 0 aliphatic carbocycles. The Morgan fingerprint density at radius 1 is 0.909 bits per heavy atom. The zero-order valence-corrected chi connectivity index (χ0v) is 18.9. The molecule has 0 saturated heterocycles. The number of ether oxygens (including phenoxy) is 3. The summed E-state index contributed by atoms with van der Waals surface area (Å²) in [6, 6.07) is 11.0. The van der Waals surface area contributed by atoms with Crippen molar-refractivity contribution in [1.29, 1.82) is 0 Å². The molecule has 11 heteroatoms. The number of hydrogen-bond donors (Lipinski definition) is 2. The highest BCUT2D eigenvalue weighted by Crippen LogP contribution is 2.36. The quantitative estimate of drug-likeness (QED) is 0.356. The Hall–Kier alpha value is -3.82. The second kappa shape index (κ2) is 9.76. The maximum absolute atomic E-state index is 12.2. The fraction of sp³-hybridized carbons (Fsp3) is 0.0909. The summed E-state index contributed by atoms with van der Waals surface area (Å²) in [7, 11) is 3.09. The number of halogens is 2. The number of hydrogen-bond acceptors (Lipinski definition) is 7. The van der Waals surface area contributed by atoms with E-state index in [0.717, 1.165) is 0 Å². The van der Waals surface area contributed by atoms with Crippen molar-refractivity contribution >= 4 is 51.6 Å². The molecule has 4 rings (SSSR count). The van der Waals surface area contributed by atoms with Crippen molar-refractivity contribution < 1.29 is 19.0 Å². The normalized spacial score (nSPS) is 10.5. The van der Waals surface area contributed by atoms with E-state index in [9.17, 15) is 4.79 Å². The van der Waals surface area contributed by atoms with Crippen LogP contribution in [0.5, 0.6) is 23.1 Å². The van der Waals surface area contributed by atoms with Gasteiger partial charge in [-0.25, -0.2) is 19.7 Å².